The molecular weight excluding hydrogens is 381 g/mol. The average Bonchev–Trinajstić information content (AvgIpc) is 3.44. The van der Waals surface area contributed by atoms with Gasteiger partial charge < -0.3 is 4.74 Å². The molecule has 1 heterocycles. The average molecular weight is 400 g/mol. The van der Waals surface area contributed by atoms with Gasteiger partial charge in [-0.3, -0.25) is 4.72 Å². The highest BCUT2D eigenvalue weighted by Gasteiger charge is 2.34. The molecule has 1 aliphatic rings. The number of nitrogens with zero attached hydrogens (tertiary/aromatic N) is 1. The van der Waals surface area contributed by atoms with Gasteiger partial charge in [-0.2, -0.15) is 13.2 Å². The number of nitrogens with one attached hydrogen (secondary N) is 1. The van der Waals surface area contributed by atoms with Crippen molar-refractivity contribution in [2.45, 2.75) is 36.9 Å². The molecule has 0 spiro atoms. The molecule has 0 radical (unpaired) electrons. The first-order valence-electron chi connectivity index (χ1n) is 8.49. The zero-order chi connectivity index (χ0) is 19.7. The summed E-state index contributed by atoms with van der Waals surface area (Å²) >= 11 is 0. The molecule has 5 nitrogen and oxygen atoms in total. The Balaban J connectivity index is 1.85. The standard InChI is InChI=1S/C18H19F3N2O3S/c1-2-26-17(12-9-10-12)15-7-4-8-16(22-15)23-27(24,25)14-6-3-5-13(11-14)18(19,20)21/h3-8,11-12,17H,2,9-10H2,1H3,(H,22,23). The van der Waals surface area contributed by atoms with Crippen molar-refractivity contribution in [3.8, 4) is 0 Å². The third-order valence-corrected chi connectivity index (χ3v) is 5.52. The number of hydrogen-bond donors (Lipinski definition) is 1. The summed E-state index contributed by atoms with van der Waals surface area (Å²) in [5, 5.41) is 0. The maximum absolute atomic E-state index is 12.8. The van der Waals surface area contributed by atoms with Crippen molar-refractivity contribution in [1.29, 1.82) is 0 Å². The molecule has 1 unspecified atom stereocenters. The molecule has 146 valence electrons. The highest BCUT2D eigenvalue weighted by molar-refractivity contribution is 7.92. The van der Waals surface area contributed by atoms with E-state index < -0.39 is 26.7 Å². The van der Waals surface area contributed by atoms with E-state index in [4.69, 9.17) is 4.74 Å². The van der Waals surface area contributed by atoms with Crippen LogP contribution in [0, 0.1) is 5.92 Å². The monoisotopic (exact) mass is 400 g/mol. The summed E-state index contributed by atoms with van der Waals surface area (Å²) in [6.07, 6.45) is -2.80. The SMILES string of the molecule is CCOC(c1cccc(NS(=O)(=O)c2cccc(C(F)(F)F)c2)n1)C1CC1. The van der Waals surface area contributed by atoms with Crippen molar-refractivity contribution < 1.29 is 26.3 Å². The van der Waals surface area contributed by atoms with Crippen LogP contribution >= 0.6 is 0 Å². The van der Waals surface area contributed by atoms with Gasteiger partial charge in [0, 0.05) is 6.61 Å². The predicted octanol–water partition coefficient (Wildman–Crippen LogP) is 4.39. The van der Waals surface area contributed by atoms with Gasteiger partial charge in [0.15, 0.2) is 0 Å². The minimum absolute atomic E-state index is 0.0373. The van der Waals surface area contributed by atoms with Gasteiger partial charge in [-0.05, 0) is 56.0 Å². The van der Waals surface area contributed by atoms with Crippen molar-refractivity contribution in [1.82, 2.24) is 4.98 Å². The summed E-state index contributed by atoms with van der Waals surface area (Å²) in [6.45, 7) is 2.37. The lowest BCUT2D eigenvalue weighted by Gasteiger charge is -2.17. The van der Waals surface area contributed by atoms with Crippen LogP contribution in [0.2, 0.25) is 0 Å². The van der Waals surface area contributed by atoms with Crippen LogP contribution in [0.5, 0.6) is 0 Å². The molecule has 1 aliphatic carbocycles. The maximum Gasteiger partial charge on any atom is 0.416 e. The van der Waals surface area contributed by atoms with Gasteiger partial charge in [0.05, 0.1) is 16.2 Å². The first-order valence-corrected chi connectivity index (χ1v) is 9.97. The van der Waals surface area contributed by atoms with Crippen LogP contribution in [0.3, 0.4) is 0 Å². The van der Waals surface area contributed by atoms with E-state index in [2.05, 4.69) is 9.71 Å². The van der Waals surface area contributed by atoms with Crippen LogP contribution in [-0.4, -0.2) is 20.0 Å². The van der Waals surface area contributed by atoms with Crippen LogP contribution in [0.1, 0.15) is 37.1 Å². The minimum Gasteiger partial charge on any atom is -0.372 e. The Morgan fingerprint density at radius 1 is 1.22 bits per heavy atom. The van der Waals surface area contributed by atoms with E-state index in [1.54, 1.807) is 12.1 Å². The second kappa shape index (κ2) is 7.47. The second-order valence-electron chi connectivity index (χ2n) is 6.29. The molecule has 1 atom stereocenters. The van der Waals surface area contributed by atoms with Crippen molar-refractivity contribution in [2.75, 3.05) is 11.3 Å². The Kier molecular flexibility index (Phi) is 5.43. The number of aromatic nitrogens is 1. The molecule has 0 saturated heterocycles. The Morgan fingerprint density at radius 3 is 2.56 bits per heavy atom. The molecule has 0 bridgehead atoms. The molecule has 27 heavy (non-hydrogen) atoms. The van der Waals surface area contributed by atoms with Crippen molar-refractivity contribution in [3.63, 3.8) is 0 Å². The van der Waals surface area contributed by atoms with Crippen LogP contribution in [0.25, 0.3) is 0 Å². The molecular formula is C18H19F3N2O3S. The zero-order valence-electron chi connectivity index (χ0n) is 14.5. The molecule has 1 aromatic heterocycles. The highest BCUT2D eigenvalue weighted by Crippen LogP contribution is 2.43. The Hall–Kier alpha value is -2.13. The number of hydrogen-bond acceptors (Lipinski definition) is 4. The summed E-state index contributed by atoms with van der Waals surface area (Å²) in [4.78, 5) is 3.82. The lowest BCUT2D eigenvalue weighted by atomic mass is 10.1. The summed E-state index contributed by atoms with van der Waals surface area (Å²) in [6, 6.07) is 8.42. The van der Waals surface area contributed by atoms with Gasteiger partial charge >= 0.3 is 6.18 Å². The number of sulfonamides is 1. The van der Waals surface area contributed by atoms with Gasteiger partial charge in [-0.1, -0.05) is 12.1 Å². The number of ether oxygens (including phenoxy) is 1. The fourth-order valence-electron chi connectivity index (χ4n) is 2.74. The lowest BCUT2D eigenvalue weighted by molar-refractivity contribution is -0.137. The van der Waals surface area contributed by atoms with Gasteiger partial charge in [-0.15, -0.1) is 0 Å². The second-order valence-corrected chi connectivity index (χ2v) is 7.97. The van der Waals surface area contributed by atoms with E-state index in [9.17, 15) is 21.6 Å². The molecule has 0 amide bonds. The molecule has 3 rings (SSSR count). The fourth-order valence-corrected chi connectivity index (χ4v) is 3.79. The van der Waals surface area contributed by atoms with Crippen molar-refractivity contribution in [2.24, 2.45) is 5.92 Å². The van der Waals surface area contributed by atoms with Gasteiger partial charge in [0.2, 0.25) is 0 Å². The molecule has 0 aliphatic heterocycles. The normalized spacial score (nSPS) is 16.1. The molecule has 1 N–H and O–H groups in total. The predicted molar refractivity (Wildman–Crippen MR) is 93.6 cm³/mol. The Labute approximate surface area is 155 Å². The Morgan fingerprint density at radius 2 is 1.93 bits per heavy atom. The topological polar surface area (TPSA) is 68.3 Å². The van der Waals surface area contributed by atoms with Gasteiger partial charge in [0.1, 0.15) is 11.9 Å². The number of halogens is 3. The number of alkyl halides is 3. The van der Waals surface area contributed by atoms with Crippen LogP contribution in [-0.2, 0) is 20.9 Å². The first-order chi connectivity index (χ1) is 12.7. The first kappa shape index (κ1) is 19.6. The van der Waals surface area contributed by atoms with Crippen LogP contribution < -0.4 is 4.72 Å². The molecule has 9 heteroatoms. The summed E-state index contributed by atoms with van der Waals surface area (Å²) in [7, 11) is -4.21. The minimum atomic E-state index is -4.63. The third-order valence-electron chi connectivity index (χ3n) is 4.17. The Bertz CT molecular complexity index is 912. The summed E-state index contributed by atoms with van der Waals surface area (Å²) in [5.41, 5.74) is -0.430. The van der Waals surface area contributed by atoms with E-state index in [0.29, 0.717) is 24.3 Å². The van der Waals surface area contributed by atoms with Crippen molar-refractivity contribution in [3.05, 3.63) is 53.7 Å². The highest BCUT2D eigenvalue weighted by atomic mass is 32.2. The largest absolute Gasteiger partial charge is 0.416 e. The number of rotatable bonds is 7. The number of anilines is 1. The summed E-state index contributed by atoms with van der Waals surface area (Å²) in [5.74, 6) is 0.392. The molecule has 1 aromatic carbocycles. The summed E-state index contributed by atoms with van der Waals surface area (Å²) < 4.78 is 71.4. The van der Waals surface area contributed by atoms with Gasteiger partial charge in [-0.25, -0.2) is 13.4 Å². The van der Waals surface area contributed by atoms with Crippen LogP contribution in [0.15, 0.2) is 47.4 Å². The van der Waals surface area contributed by atoms with E-state index >= 15 is 0 Å². The zero-order valence-corrected chi connectivity index (χ0v) is 15.3. The fraction of sp³-hybridized carbons (Fsp3) is 0.389. The lowest BCUT2D eigenvalue weighted by Crippen LogP contribution is -2.16. The molecule has 1 saturated carbocycles. The van der Waals surface area contributed by atoms with Crippen LogP contribution in [0.4, 0.5) is 19.0 Å². The van der Waals surface area contributed by atoms with Gasteiger partial charge in [0.25, 0.3) is 10.0 Å². The van der Waals surface area contributed by atoms with E-state index in [1.807, 2.05) is 6.92 Å². The quantitative estimate of drug-likeness (QED) is 0.749. The van der Waals surface area contributed by atoms with E-state index in [0.717, 1.165) is 31.0 Å². The third kappa shape index (κ3) is 4.78. The molecule has 1 fully saturated rings. The number of benzene rings is 1. The van der Waals surface area contributed by atoms with E-state index in [-0.39, 0.29) is 11.9 Å². The van der Waals surface area contributed by atoms with Crippen molar-refractivity contribution >= 4 is 15.8 Å². The number of pyridine rings is 1. The smallest absolute Gasteiger partial charge is 0.372 e. The molecule has 2 aromatic rings. The van der Waals surface area contributed by atoms with E-state index in [1.165, 1.54) is 6.07 Å². The maximum atomic E-state index is 12.8.